The average Bonchev–Trinajstić information content (AvgIpc) is 2.86. The zero-order valence-electron chi connectivity index (χ0n) is 9.34. The number of rotatable bonds is 2. The van der Waals surface area contributed by atoms with Crippen molar-refractivity contribution in [3.05, 3.63) is 33.8 Å². The minimum Gasteiger partial charge on any atom is -0.302 e. The summed E-state index contributed by atoms with van der Waals surface area (Å²) < 4.78 is 0. The van der Waals surface area contributed by atoms with Crippen LogP contribution >= 0.6 is 23.2 Å². The molecule has 1 saturated carbocycles. The van der Waals surface area contributed by atoms with E-state index in [-0.39, 0.29) is 0 Å². The Morgan fingerprint density at radius 3 is 2.81 bits per heavy atom. The molecule has 1 aliphatic carbocycles. The Hall–Kier alpha value is -0.240. The van der Waals surface area contributed by atoms with Gasteiger partial charge in [0.2, 0.25) is 0 Å². The van der Waals surface area contributed by atoms with E-state index in [0.29, 0.717) is 15.5 Å². The summed E-state index contributed by atoms with van der Waals surface area (Å²) in [6.45, 7) is 5.82. The summed E-state index contributed by atoms with van der Waals surface area (Å²) in [6, 6.07) is 6.13. The van der Waals surface area contributed by atoms with Crippen LogP contribution in [0.5, 0.6) is 0 Å². The minimum atomic E-state index is 0.393. The van der Waals surface area contributed by atoms with Gasteiger partial charge in [-0.2, -0.15) is 0 Å². The van der Waals surface area contributed by atoms with Gasteiger partial charge in [0.25, 0.3) is 0 Å². The first-order valence-corrected chi connectivity index (χ1v) is 6.59. The van der Waals surface area contributed by atoms with Crippen molar-refractivity contribution in [2.45, 2.75) is 18.8 Å². The molecule has 86 valence electrons. The standard InChI is InChI=1S/C13H15Cl2N/c1-2-16-7-10-6-13(10,8-16)9-3-4-11(14)12(15)5-9/h3-5,10H,2,6-8H2,1H3/t10-,13-/m1/s1. The predicted octanol–water partition coefficient (Wildman–Crippen LogP) is 3.59. The fraction of sp³-hybridized carbons (Fsp3) is 0.538. The molecule has 1 aromatic carbocycles. The van der Waals surface area contributed by atoms with E-state index in [9.17, 15) is 0 Å². The highest BCUT2D eigenvalue weighted by molar-refractivity contribution is 6.42. The Morgan fingerprint density at radius 1 is 1.38 bits per heavy atom. The SMILES string of the molecule is CCN1C[C@H]2C[C@]2(c2ccc(Cl)c(Cl)c2)C1. The van der Waals surface area contributed by atoms with Gasteiger partial charge in [0, 0.05) is 18.5 Å². The lowest BCUT2D eigenvalue weighted by molar-refractivity contribution is 0.314. The summed E-state index contributed by atoms with van der Waals surface area (Å²) in [5, 5.41) is 1.35. The van der Waals surface area contributed by atoms with Crippen LogP contribution in [0.3, 0.4) is 0 Å². The lowest BCUT2D eigenvalue weighted by Crippen LogP contribution is -2.26. The van der Waals surface area contributed by atoms with Gasteiger partial charge in [-0.1, -0.05) is 36.2 Å². The van der Waals surface area contributed by atoms with E-state index >= 15 is 0 Å². The van der Waals surface area contributed by atoms with Gasteiger partial charge in [-0.05, 0) is 36.6 Å². The van der Waals surface area contributed by atoms with Gasteiger partial charge < -0.3 is 4.90 Å². The number of likely N-dealkylation sites (tertiary alicyclic amines) is 1. The van der Waals surface area contributed by atoms with E-state index in [1.165, 1.54) is 25.1 Å². The number of likely N-dealkylation sites (N-methyl/N-ethyl adjacent to an activating group) is 1. The molecule has 1 nitrogen and oxygen atoms in total. The number of fused-ring (bicyclic) bond motifs is 1. The van der Waals surface area contributed by atoms with Crippen molar-refractivity contribution in [3.63, 3.8) is 0 Å². The maximum Gasteiger partial charge on any atom is 0.0595 e. The first kappa shape index (κ1) is 10.9. The van der Waals surface area contributed by atoms with Crippen LogP contribution in [0.1, 0.15) is 18.9 Å². The predicted molar refractivity (Wildman–Crippen MR) is 68.4 cm³/mol. The van der Waals surface area contributed by atoms with Crippen LogP contribution in [0, 0.1) is 5.92 Å². The van der Waals surface area contributed by atoms with Crippen LogP contribution in [0.4, 0.5) is 0 Å². The molecule has 1 aromatic rings. The summed E-state index contributed by atoms with van der Waals surface area (Å²) in [7, 11) is 0. The largest absolute Gasteiger partial charge is 0.302 e. The molecule has 0 aromatic heterocycles. The van der Waals surface area contributed by atoms with Crippen LogP contribution in [0.25, 0.3) is 0 Å². The first-order valence-electron chi connectivity index (χ1n) is 5.83. The van der Waals surface area contributed by atoms with Gasteiger partial charge in [-0.25, -0.2) is 0 Å². The molecule has 3 heteroatoms. The third kappa shape index (κ3) is 1.49. The smallest absolute Gasteiger partial charge is 0.0595 e. The normalized spacial score (nSPS) is 32.8. The Balaban J connectivity index is 1.91. The zero-order valence-corrected chi connectivity index (χ0v) is 10.9. The van der Waals surface area contributed by atoms with Crippen LogP contribution in [0.2, 0.25) is 10.0 Å². The maximum absolute atomic E-state index is 6.10. The van der Waals surface area contributed by atoms with Crippen LogP contribution < -0.4 is 0 Å². The molecule has 16 heavy (non-hydrogen) atoms. The number of benzene rings is 1. The Morgan fingerprint density at radius 2 is 2.19 bits per heavy atom. The molecule has 2 aliphatic rings. The third-order valence-electron chi connectivity index (χ3n) is 4.16. The average molecular weight is 256 g/mol. The van der Waals surface area contributed by atoms with Crippen molar-refractivity contribution in [1.82, 2.24) is 4.90 Å². The van der Waals surface area contributed by atoms with Gasteiger partial charge in [-0.15, -0.1) is 0 Å². The Bertz CT molecular complexity index is 432. The molecule has 1 saturated heterocycles. The first-order chi connectivity index (χ1) is 7.65. The second-order valence-electron chi connectivity index (χ2n) is 5.01. The summed E-state index contributed by atoms with van der Waals surface area (Å²) in [6.07, 6.45) is 1.32. The number of hydrogen-bond acceptors (Lipinski definition) is 1. The van der Waals surface area contributed by atoms with Gasteiger partial charge in [0.15, 0.2) is 0 Å². The fourth-order valence-corrected chi connectivity index (χ4v) is 3.38. The van der Waals surface area contributed by atoms with Crippen LogP contribution in [-0.4, -0.2) is 24.5 Å². The van der Waals surface area contributed by atoms with E-state index in [1.807, 2.05) is 6.07 Å². The molecule has 1 heterocycles. The van der Waals surface area contributed by atoms with E-state index < -0.39 is 0 Å². The molecule has 3 rings (SSSR count). The number of nitrogens with zero attached hydrogens (tertiary/aromatic N) is 1. The monoisotopic (exact) mass is 255 g/mol. The van der Waals surface area contributed by atoms with E-state index in [1.54, 1.807) is 0 Å². The van der Waals surface area contributed by atoms with Crippen molar-refractivity contribution >= 4 is 23.2 Å². The Kier molecular flexibility index (Phi) is 2.47. The van der Waals surface area contributed by atoms with Crippen molar-refractivity contribution in [1.29, 1.82) is 0 Å². The second-order valence-corrected chi connectivity index (χ2v) is 5.83. The molecule has 1 aliphatic heterocycles. The molecule has 0 amide bonds. The molecule has 0 N–H and O–H groups in total. The lowest BCUT2D eigenvalue weighted by atomic mass is 9.95. The molecule has 0 radical (unpaired) electrons. The molecule has 0 bridgehead atoms. The fourth-order valence-electron chi connectivity index (χ4n) is 3.08. The number of hydrogen-bond donors (Lipinski definition) is 0. The van der Waals surface area contributed by atoms with E-state index in [0.717, 1.165) is 12.5 Å². The highest BCUT2D eigenvalue weighted by Crippen LogP contribution is 2.59. The van der Waals surface area contributed by atoms with E-state index in [4.69, 9.17) is 23.2 Å². The molecular formula is C13H15Cl2N. The Labute approximate surface area is 106 Å². The van der Waals surface area contributed by atoms with Crippen molar-refractivity contribution in [3.8, 4) is 0 Å². The molecule has 2 fully saturated rings. The summed E-state index contributed by atoms with van der Waals surface area (Å²) in [4.78, 5) is 2.52. The lowest BCUT2D eigenvalue weighted by Gasteiger charge is -2.19. The second kappa shape index (κ2) is 3.63. The number of piperidine rings is 1. The van der Waals surface area contributed by atoms with Gasteiger partial charge in [-0.3, -0.25) is 0 Å². The zero-order chi connectivity index (χ0) is 11.3. The quantitative estimate of drug-likeness (QED) is 0.781. The van der Waals surface area contributed by atoms with Gasteiger partial charge >= 0.3 is 0 Å². The highest BCUT2D eigenvalue weighted by Gasteiger charge is 2.60. The van der Waals surface area contributed by atoms with Gasteiger partial charge in [0.05, 0.1) is 10.0 Å². The summed E-state index contributed by atoms with van der Waals surface area (Å²) in [5.74, 6) is 0.838. The van der Waals surface area contributed by atoms with Crippen molar-refractivity contribution < 1.29 is 0 Å². The summed E-state index contributed by atoms with van der Waals surface area (Å²) >= 11 is 12.1. The van der Waals surface area contributed by atoms with Crippen LogP contribution in [-0.2, 0) is 5.41 Å². The topological polar surface area (TPSA) is 3.24 Å². The minimum absolute atomic E-state index is 0.393. The third-order valence-corrected chi connectivity index (χ3v) is 4.90. The van der Waals surface area contributed by atoms with Crippen molar-refractivity contribution in [2.24, 2.45) is 5.92 Å². The molecule has 0 spiro atoms. The van der Waals surface area contributed by atoms with Crippen molar-refractivity contribution in [2.75, 3.05) is 19.6 Å². The maximum atomic E-state index is 6.10. The van der Waals surface area contributed by atoms with Gasteiger partial charge in [0.1, 0.15) is 0 Å². The summed E-state index contributed by atoms with van der Waals surface area (Å²) in [5.41, 5.74) is 1.77. The molecule has 2 atom stereocenters. The number of halogens is 2. The van der Waals surface area contributed by atoms with E-state index in [2.05, 4.69) is 24.0 Å². The highest BCUT2D eigenvalue weighted by atomic mass is 35.5. The van der Waals surface area contributed by atoms with Crippen LogP contribution in [0.15, 0.2) is 18.2 Å². The molecular weight excluding hydrogens is 241 g/mol. The molecule has 0 unspecified atom stereocenters.